The number of hydrogen-bond acceptors (Lipinski definition) is 5. The zero-order valence-electron chi connectivity index (χ0n) is 15.7. The number of thiophene rings is 1. The van der Waals surface area contributed by atoms with Crippen molar-refractivity contribution in [3.05, 3.63) is 62.3 Å². The molecule has 1 atom stereocenters. The fraction of sp³-hybridized carbons (Fsp3) is 0.421. The Bertz CT molecular complexity index is 762. The van der Waals surface area contributed by atoms with Crippen LogP contribution in [0.2, 0.25) is 0 Å². The summed E-state index contributed by atoms with van der Waals surface area (Å²) in [4.78, 5) is 17.2. The summed E-state index contributed by atoms with van der Waals surface area (Å²) >= 11 is 1.68. The van der Waals surface area contributed by atoms with Crippen LogP contribution in [0, 0.1) is 16.0 Å². The molecule has 28 heavy (non-hydrogen) atoms. The topological polar surface area (TPSA) is 80.0 Å². The standard InChI is InChI=1S/C19H24N4O3S.HI/c1-22(12-17-7-9-27-14-17)19(21-11-16-6-8-26-13-16)20-10-15-2-4-18(5-3-15)23(24)25;/h2-5,7,9,14,16H,6,8,10-13H2,1H3,(H,20,21);1H. The van der Waals surface area contributed by atoms with Crippen LogP contribution in [0.4, 0.5) is 5.69 Å². The number of non-ortho nitro benzene ring substituents is 1. The Morgan fingerprint density at radius 2 is 2.14 bits per heavy atom. The van der Waals surface area contributed by atoms with Crippen LogP contribution in [0.3, 0.4) is 0 Å². The molecule has 2 heterocycles. The van der Waals surface area contributed by atoms with Gasteiger partial charge in [-0.15, -0.1) is 24.0 Å². The summed E-state index contributed by atoms with van der Waals surface area (Å²) in [5.41, 5.74) is 2.28. The smallest absolute Gasteiger partial charge is 0.269 e. The summed E-state index contributed by atoms with van der Waals surface area (Å²) in [5, 5.41) is 18.5. The van der Waals surface area contributed by atoms with Crippen molar-refractivity contribution in [1.29, 1.82) is 0 Å². The molecule has 0 radical (unpaired) electrons. The molecule has 152 valence electrons. The molecular weight excluding hydrogens is 491 g/mol. The molecule has 1 aromatic carbocycles. The lowest BCUT2D eigenvalue weighted by Crippen LogP contribution is -2.41. The van der Waals surface area contributed by atoms with E-state index in [-0.39, 0.29) is 29.7 Å². The van der Waals surface area contributed by atoms with Gasteiger partial charge in [0.25, 0.3) is 5.69 Å². The van der Waals surface area contributed by atoms with Crippen LogP contribution < -0.4 is 5.32 Å². The van der Waals surface area contributed by atoms with Crippen molar-refractivity contribution in [3.8, 4) is 0 Å². The monoisotopic (exact) mass is 516 g/mol. The van der Waals surface area contributed by atoms with Crippen molar-refractivity contribution in [3.63, 3.8) is 0 Å². The summed E-state index contributed by atoms with van der Waals surface area (Å²) in [7, 11) is 2.02. The number of hydrogen-bond donors (Lipinski definition) is 1. The van der Waals surface area contributed by atoms with Gasteiger partial charge < -0.3 is 15.0 Å². The number of guanidine groups is 1. The highest BCUT2D eigenvalue weighted by Crippen LogP contribution is 2.14. The first-order chi connectivity index (χ1) is 13.1. The second-order valence-corrected chi connectivity index (χ2v) is 7.44. The number of aliphatic imine (C=N–C) groups is 1. The molecule has 1 N–H and O–H groups in total. The molecule has 7 nitrogen and oxygen atoms in total. The molecule has 1 saturated heterocycles. The zero-order valence-corrected chi connectivity index (χ0v) is 18.9. The van der Waals surface area contributed by atoms with Crippen LogP contribution in [0.1, 0.15) is 17.5 Å². The largest absolute Gasteiger partial charge is 0.381 e. The first-order valence-corrected chi connectivity index (χ1v) is 9.87. The van der Waals surface area contributed by atoms with Gasteiger partial charge in [-0.05, 0) is 34.4 Å². The minimum atomic E-state index is -0.391. The lowest BCUT2D eigenvalue weighted by atomic mass is 10.1. The number of ether oxygens (including phenoxy) is 1. The average molecular weight is 516 g/mol. The molecule has 0 spiro atoms. The predicted octanol–water partition coefficient (Wildman–Crippen LogP) is 3.89. The van der Waals surface area contributed by atoms with Gasteiger partial charge in [0.1, 0.15) is 0 Å². The third-order valence-electron chi connectivity index (χ3n) is 4.49. The van der Waals surface area contributed by atoms with Crippen molar-refractivity contribution >= 4 is 47.0 Å². The minimum Gasteiger partial charge on any atom is -0.381 e. The summed E-state index contributed by atoms with van der Waals surface area (Å²) in [6.45, 7) is 3.68. The first-order valence-electron chi connectivity index (χ1n) is 8.93. The number of nitro groups is 1. The maximum atomic E-state index is 10.8. The van der Waals surface area contributed by atoms with E-state index >= 15 is 0 Å². The van der Waals surface area contributed by atoms with E-state index in [4.69, 9.17) is 9.73 Å². The Balaban J connectivity index is 0.00000280. The van der Waals surface area contributed by atoms with Crippen LogP contribution in [0.25, 0.3) is 0 Å². The Labute approximate surface area is 186 Å². The lowest BCUT2D eigenvalue weighted by Gasteiger charge is -2.23. The molecular formula is C19H25IN4O3S. The summed E-state index contributed by atoms with van der Waals surface area (Å²) in [6.07, 6.45) is 1.07. The van der Waals surface area contributed by atoms with E-state index in [1.54, 1.807) is 23.5 Å². The van der Waals surface area contributed by atoms with E-state index in [2.05, 4.69) is 27.0 Å². The molecule has 9 heteroatoms. The SMILES string of the molecule is CN(Cc1ccsc1)C(=NCc1ccc([N+](=O)[O-])cc1)NCC1CCOC1.I. The van der Waals surface area contributed by atoms with Crippen LogP contribution in [0.5, 0.6) is 0 Å². The van der Waals surface area contributed by atoms with Crippen LogP contribution in [-0.4, -0.2) is 42.6 Å². The van der Waals surface area contributed by atoms with E-state index in [1.165, 1.54) is 17.7 Å². The molecule has 0 aliphatic carbocycles. The molecule has 0 bridgehead atoms. The van der Waals surface area contributed by atoms with Gasteiger partial charge in [0, 0.05) is 44.8 Å². The second kappa shape index (κ2) is 11.3. The molecule has 1 aromatic heterocycles. The van der Waals surface area contributed by atoms with Crippen molar-refractivity contribution < 1.29 is 9.66 Å². The molecule has 0 amide bonds. The van der Waals surface area contributed by atoms with Crippen LogP contribution >= 0.6 is 35.3 Å². The molecule has 1 fully saturated rings. The third kappa shape index (κ3) is 6.71. The Kier molecular flexibility index (Phi) is 9.13. The van der Waals surface area contributed by atoms with E-state index in [9.17, 15) is 10.1 Å². The Hall–Kier alpha value is -1.72. The molecule has 3 rings (SSSR count). The lowest BCUT2D eigenvalue weighted by molar-refractivity contribution is -0.384. The van der Waals surface area contributed by atoms with Crippen molar-refractivity contribution in [2.75, 3.05) is 26.8 Å². The molecule has 1 aliphatic heterocycles. The number of nitrogens with zero attached hydrogens (tertiary/aromatic N) is 3. The first kappa shape index (κ1) is 22.6. The van der Waals surface area contributed by atoms with Gasteiger partial charge in [-0.25, -0.2) is 4.99 Å². The highest BCUT2D eigenvalue weighted by atomic mass is 127. The third-order valence-corrected chi connectivity index (χ3v) is 5.22. The van der Waals surface area contributed by atoms with E-state index in [1.807, 2.05) is 7.05 Å². The highest BCUT2D eigenvalue weighted by Gasteiger charge is 2.17. The molecule has 1 aliphatic rings. The fourth-order valence-corrected chi connectivity index (χ4v) is 3.57. The van der Waals surface area contributed by atoms with Gasteiger partial charge in [0.05, 0.1) is 18.1 Å². The summed E-state index contributed by atoms with van der Waals surface area (Å²) < 4.78 is 5.45. The number of halogens is 1. The average Bonchev–Trinajstić information content (AvgIpc) is 3.36. The van der Waals surface area contributed by atoms with E-state index in [0.717, 1.165) is 44.2 Å². The molecule has 0 saturated carbocycles. The van der Waals surface area contributed by atoms with Crippen LogP contribution in [0.15, 0.2) is 46.1 Å². The van der Waals surface area contributed by atoms with Gasteiger partial charge >= 0.3 is 0 Å². The quantitative estimate of drug-likeness (QED) is 0.199. The highest BCUT2D eigenvalue weighted by molar-refractivity contribution is 14.0. The van der Waals surface area contributed by atoms with Gasteiger partial charge in [0.15, 0.2) is 5.96 Å². The normalized spacial score (nSPS) is 16.5. The number of rotatable bonds is 7. The second-order valence-electron chi connectivity index (χ2n) is 6.66. The van der Waals surface area contributed by atoms with Gasteiger partial charge in [0.2, 0.25) is 0 Å². The summed E-state index contributed by atoms with van der Waals surface area (Å²) in [5.74, 6) is 1.33. The van der Waals surface area contributed by atoms with Gasteiger partial charge in [-0.2, -0.15) is 11.3 Å². The molecule has 2 aromatic rings. The Morgan fingerprint density at radius 3 is 2.75 bits per heavy atom. The number of nitrogens with one attached hydrogen (secondary N) is 1. The summed E-state index contributed by atoms with van der Waals surface area (Å²) in [6, 6.07) is 8.65. The number of benzene rings is 1. The van der Waals surface area contributed by atoms with E-state index < -0.39 is 4.92 Å². The minimum absolute atomic E-state index is 0. The van der Waals surface area contributed by atoms with Gasteiger partial charge in [-0.3, -0.25) is 10.1 Å². The fourth-order valence-electron chi connectivity index (χ4n) is 2.91. The van der Waals surface area contributed by atoms with Crippen molar-refractivity contribution in [2.24, 2.45) is 10.9 Å². The van der Waals surface area contributed by atoms with E-state index in [0.29, 0.717) is 12.5 Å². The predicted molar refractivity (Wildman–Crippen MR) is 122 cm³/mol. The number of nitro benzene ring substituents is 1. The van der Waals surface area contributed by atoms with Gasteiger partial charge in [-0.1, -0.05) is 12.1 Å². The maximum absolute atomic E-state index is 10.8. The van der Waals surface area contributed by atoms with Crippen LogP contribution in [-0.2, 0) is 17.8 Å². The van der Waals surface area contributed by atoms with Crippen molar-refractivity contribution in [2.45, 2.75) is 19.5 Å². The maximum Gasteiger partial charge on any atom is 0.269 e. The zero-order chi connectivity index (χ0) is 19.1. The van der Waals surface area contributed by atoms with Crippen molar-refractivity contribution in [1.82, 2.24) is 10.2 Å². The Morgan fingerprint density at radius 1 is 1.36 bits per heavy atom. The molecule has 1 unspecified atom stereocenters.